The van der Waals surface area contributed by atoms with Crippen LogP contribution >= 0.6 is 11.6 Å². The molecule has 0 aliphatic carbocycles. The summed E-state index contributed by atoms with van der Waals surface area (Å²) in [6.45, 7) is -0.691. The van der Waals surface area contributed by atoms with Crippen molar-refractivity contribution >= 4 is 29.2 Å². The molecule has 0 fully saturated rings. The number of carbonyl (C=O) groups is 2. The van der Waals surface area contributed by atoms with Crippen molar-refractivity contribution in [3.8, 4) is 0 Å². The van der Waals surface area contributed by atoms with Crippen LogP contribution in [0.4, 0.5) is 5.69 Å². The van der Waals surface area contributed by atoms with E-state index in [-0.39, 0.29) is 10.6 Å². The maximum absolute atomic E-state index is 11.6. The Morgan fingerprint density at radius 1 is 1.47 bits per heavy atom. The van der Waals surface area contributed by atoms with Gasteiger partial charge in [0.15, 0.2) is 6.04 Å². The number of nitrogens with two attached hydrogens (primary N) is 1. The van der Waals surface area contributed by atoms with Crippen molar-refractivity contribution in [3.63, 3.8) is 0 Å². The Morgan fingerprint density at radius 3 is 2.59 bits per heavy atom. The third-order valence-electron chi connectivity index (χ3n) is 2.05. The highest BCUT2D eigenvalue weighted by atomic mass is 35.5. The summed E-state index contributed by atoms with van der Waals surface area (Å²) < 4.78 is 0. The van der Waals surface area contributed by atoms with Gasteiger partial charge in [-0.05, 0) is 18.2 Å². The van der Waals surface area contributed by atoms with Crippen molar-refractivity contribution in [2.45, 2.75) is 6.04 Å². The highest BCUT2D eigenvalue weighted by Gasteiger charge is 2.19. The van der Waals surface area contributed by atoms with E-state index >= 15 is 0 Å². The second-order valence-electron chi connectivity index (χ2n) is 3.28. The van der Waals surface area contributed by atoms with Crippen molar-refractivity contribution in [1.29, 1.82) is 0 Å². The number of nitrogens with one attached hydrogen (secondary N) is 1. The number of carboxylic acids is 1. The van der Waals surface area contributed by atoms with Gasteiger partial charge in [0, 0.05) is 5.56 Å². The van der Waals surface area contributed by atoms with Gasteiger partial charge in [-0.1, -0.05) is 11.6 Å². The van der Waals surface area contributed by atoms with Gasteiger partial charge in [-0.3, -0.25) is 4.79 Å². The molecule has 0 saturated heterocycles. The van der Waals surface area contributed by atoms with Crippen LogP contribution in [0.25, 0.3) is 0 Å². The summed E-state index contributed by atoms with van der Waals surface area (Å²) in [4.78, 5) is 22.2. The summed E-state index contributed by atoms with van der Waals surface area (Å²) in [6.07, 6.45) is 0. The van der Waals surface area contributed by atoms with E-state index in [0.29, 0.717) is 5.69 Å². The van der Waals surface area contributed by atoms with Gasteiger partial charge >= 0.3 is 5.97 Å². The van der Waals surface area contributed by atoms with E-state index in [9.17, 15) is 9.59 Å². The number of benzene rings is 1. The maximum Gasteiger partial charge on any atom is 0.328 e. The molecule has 0 bridgehead atoms. The van der Waals surface area contributed by atoms with Crippen LogP contribution in [0.1, 0.15) is 10.4 Å². The minimum absolute atomic E-state index is 0.170. The monoisotopic (exact) mass is 258 g/mol. The summed E-state index contributed by atoms with van der Waals surface area (Å²) in [5.74, 6) is -1.96. The van der Waals surface area contributed by atoms with Crippen molar-refractivity contribution in [2.75, 3.05) is 12.3 Å². The number of amides is 1. The minimum Gasteiger partial charge on any atom is -0.480 e. The molecular weight excluding hydrogens is 248 g/mol. The molecule has 0 spiro atoms. The number of aliphatic hydroxyl groups is 1. The lowest BCUT2D eigenvalue weighted by Gasteiger charge is -2.11. The molecule has 5 N–H and O–H groups in total. The summed E-state index contributed by atoms with van der Waals surface area (Å²) in [5, 5.41) is 19.7. The van der Waals surface area contributed by atoms with E-state index < -0.39 is 24.5 Å². The lowest BCUT2D eigenvalue weighted by molar-refractivity contribution is -0.140. The first-order valence-corrected chi connectivity index (χ1v) is 5.03. The van der Waals surface area contributed by atoms with Crippen molar-refractivity contribution in [3.05, 3.63) is 28.8 Å². The third-order valence-corrected chi connectivity index (χ3v) is 2.38. The first kappa shape index (κ1) is 13.3. The van der Waals surface area contributed by atoms with Crippen LogP contribution in [-0.4, -0.2) is 34.7 Å². The van der Waals surface area contributed by atoms with Gasteiger partial charge in [0.1, 0.15) is 0 Å². The van der Waals surface area contributed by atoms with E-state index in [1.54, 1.807) is 0 Å². The molecule has 0 heterocycles. The molecular formula is C10H11ClN2O4. The van der Waals surface area contributed by atoms with Crippen LogP contribution in [0.15, 0.2) is 18.2 Å². The zero-order valence-electron chi connectivity index (χ0n) is 8.68. The molecule has 0 aromatic heterocycles. The number of halogens is 1. The van der Waals surface area contributed by atoms with E-state index in [0.717, 1.165) is 0 Å². The highest BCUT2D eigenvalue weighted by Crippen LogP contribution is 2.19. The molecule has 0 aliphatic heterocycles. The predicted octanol–water partition coefficient (Wildman–Crippen LogP) is 0.0975. The fourth-order valence-corrected chi connectivity index (χ4v) is 1.28. The van der Waals surface area contributed by atoms with Crippen LogP contribution in [-0.2, 0) is 4.79 Å². The molecule has 1 amide bonds. The average Bonchev–Trinajstić information content (AvgIpc) is 2.28. The Hall–Kier alpha value is -1.79. The molecule has 6 nitrogen and oxygen atoms in total. The van der Waals surface area contributed by atoms with Crippen LogP contribution in [0.5, 0.6) is 0 Å². The van der Waals surface area contributed by atoms with E-state index in [1.165, 1.54) is 18.2 Å². The molecule has 1 atom stereocenters. The highest BCUT2D eigenvalue weighted by molar-refractivity contribution is 6.33. The fraction of sp³-hybridized carbons (Fsp3) is 0.200. The number of carboxylic acid groups (broad SMARTS) is 1. The molecule has 0 unspecified atom stereocenters. The topological polar surface area (TPSA) is 113 Å². The van der Waals surface area contributed by atoms with E-state index in [4.69, 9.17) is 27.5 Å². The SMILES string of the molecule is Nc1ccc(C(=O)N[C@H](CO)C(=O)O)cc1Cl. The molecule has 1 aromatic rings. The van der Waals surface area contributed by atoms with Gasteiger partial charge in [0.05, 0.1) is 17.3 Å². The van der Waals surface area contributed by atoms with Crippen LogP contribution in [0.2, 0.25) is 5.02 Å². The number of hydrogen-bond donors (Lipinski definition) is 4. The van der Waals surface area contributed by atoms with Gasteiger partial charge in [-0.25, -0.2) is 4.79 Å². The van der Waals surface area contributed by atoms with Crippen LogP contribution in [0.3, 0.4) is 0 Å². The zero-order valence-corrected chi connectivity index (χ0v) is 9.44. The van der Waals surface area contributed by atoms with Crippen LogP contribution in [0, 0.1) is 0 Å². The van der Waals surface area contributed by atoms with E-state index in [2.05, 4.69) is 5.32 Å². The summed E-state index contributed by atoms with van der Waals surface area (Å²) in [6, 6.07) is 2.82. The van der Waals surface area contributed by atoms with E-state index in [1.807, 2.05) is 0 Å². The fourth-order valence-electron chi connectivity index (χ4n) is 1.10. The lowest BCUT2D eigenvalue weighted by atomic mass is 10.2. The second-order valence-corrected chi connectivity index (χ2v) is 3.69. The molecule has 0 aliphatic rings. The molecule has 0 radical (unpaired) electrons. The Balaban J connectivity index is 2.82. The van der Waals surface area contributed by atoms with Crippen LogP contribution < -0.4 is 11.1 Å². The van der Waals surface area contributed by atoms with Crippen molar-refractivity contribution < 1.29 is 19.8 Å². The largest absolute Gasteiger partial charge is 0.480 e. The van der Waals surface area contributed by atoms with Crippen molar-refractivity contribution in [2.24, 2.45) is 0 Å². The van der Waals surface area contributed by atoms with Gasteiger partial charge in [-0.2, -0.15) is 0 Å². The molecule has 1 rings (SSSR count). The summed E-state index contributed by atoms with van der Waals surface area (Å²) >= 11 is 5.72. The van der Waals surface area contributed by atoms with Gasteiger partial charge in [-0.15, -0.1) is 0 Å². The minimum atomic E-state index is -1.35. The van der Waals surface area contributed by atoms with Gasteiger partial charge in [0.25, 0.3) is 5.91 Å². The molecule has 1 aromatic carbocycles. The standard InChI is InChI=1S/C10H11ClN2O4/c11-6-3-5(1-2-7(6)12)9(15)13-8(4-14)10(16)17/h1-3,8,14H,4,12H2,(H,13,15)(H,16,17)/t8-/m1/s1. The number of hydrogen-bond acceptors (Lipinski definition) is 4. The lowest BCUT2D eigenvalue weighted by Crippen LogP contribution is -2.43. The molecule has 7 heteroatoms. The predicted molar refractivity (Wildman–Crippen MR) is 61.8 cm³/mol. The van der Waals surface area contributed by atoms with Gasteiger partial charge < -0.3 is 21.3 Å². The Morgan fingerprint density at radius 2 is 2.12 bits per heavy atom. The first-order chi connectivity index (χ1) is 7.95. The summed E-state index contributed by atoms with van der Waals surface area (Å²) in [5.41, 5.74) is 5.96. The molecule has 92 valence electrons. The first-order valence-electron chi connectivity index (χ1n) is 4.65. The second kappa shape index (κ2) is 5.51. The Labute approximate surface area is 102 Å². The Bertz CT molecular complexity index is 450. The van der Waals surface area contributed by atoms with Crippen molar-refractivity contribution in [1.82, 2.24) is 5.32 Å². The number of aliphatic hydroxyl groups excluding tert-OH is 1. The number of anilines is 1. The smallest absolute Gasteiger partial charge is 0.328 e. The number of nitrogen functional groups attached to an aromatic ring is 1. The average molecular weight is 259 g/mol. The third kappa shape index (κ3) is 3.33. The maximum atomic E-state index is 11.6. The Kier molecular flexibility index (Phi) is 4.30. The summed E-state index contributed by atoms with van der Waals surface area (Å²) in [7, 11) is 0. The quantitative estimate of drug-likeness (QED) is 0.572. The zero-order chi connectivity index (χ0) is 13.0. The van der Waals surface area contributed by atoms with Gasteiger partial charge in [0.2, 0.25) is 0 Å². The normalized spacial score (nSPS) is 11.9. The molecule has 17 heavy (non-hydrogen) atoms. The number of aliphatic carboxylic acids is 1. The number of carbonyl (C=O) groups excluding carboxylic acids is 1. The number of rotatable bonds is 4. The molecule has 0 saturated carbocycles.